The minimum absolute atomic E-state index is 0.170. The van der Waals surface area contributed by atoms with Crippen LogP contribution < -0.4 is 5.73 Å². The molecule has 0 aliphatic rings. The van der Waals surface area contributed by atoms with Crippen molar-refractivity contribution in [2.45, 2.75) is 35.6 Å². The summed E-state index contributed by atoms with van der Waals surface area (Å²) in [5.41, 5.74) is 6.08. The normalized spacial score (nSPS) is 13.5. The molecule has 0 amide bonds. The molecule has 1 aromatic rings. The van der Waals surface area contributed by atoms with Crippen molar-refractivity contribution in [2.75, 3.05) is 12.5 Å². The summed E-state index contributed by atoms with van der Waals surface area (Å²) in [4.78, 5) is -0.342. The molecule has 0 fully saturated rings. The molecule has 0 saturated heterocycles. The second-order valence-corrected chi connectivity index (χ2v) is 9.46. The molecular weight excluding hydrogens is 286 g/mol. The first-order chi connectivity index (χ1) is 8.31. The minimum atomic E-state index is -3.61. The summed E-state index contributed by atoms with van der Waals surface area (Å²) in [6, 6.07) is 4.31. The predicted molar refractivity (Wildman–Crippen MR) is 74.6 cm³/mol. The zero-order chi connectivity index (χ0) is 15.1. The van der Waals surface area contributed by atoms with Crippen molar-refractivity contribution in [2.24, 2.45) is 5.73 Å². The third-order valence-electron chi connectivity index (χ3n) is 2.47. The third kappa shape index (κ3) is 4.59. The average Bonchev–Trinajstić information content (AvgIpc) is 2.11. The third-order valence-corrected chi connectivity index (χ3v) is 4.89. The molecule has 0 unspecified atom stereocenters. The zero-order valence-electron chi connectivity index (χ0n) is 11.5. The van der Waals surface area contributed by atoms with E-state index in [-0.39, 0.29) is 9.79 Å². The van der Waals surface area contributed by atoms with Gasteiger partial charge in [0.2, 0.25) is 0 Å². The number of nitrogens with two attached hydrogens (primary N) is 1. The van der Waals surface area contributed by atoms with Gasteiger partial charge < -0.3 is 5.73 Å². The molecule has 0 heterocycles. The fourth-order valence-electron chi connectivity index (χ4n) is 1.78. The van der Waals surface area contributed by atoms with E-state index in [4.69, 9.17) is 5.73 Å². The Morgan fingerprint density at radius 3 is 1.84 bits per heavy atom. The highest BCUT2D eigenvalue weighted by molar-refractivity contribution is 7.93. The van der Waals surface area contributed by atoms with Gasteiger partial charge in [-0.3, -0.25) is 0 Å². The fourth-order valence-corrected chi connectivity index (χ4v) is 4.23. The highest BCUT2D eigenvalue weighted by Crippen LogP contribution is 2.24. The molecule has 0 radical (unpaired) electrons. The molecular formula is C12H19NO4S2. The molecule has 0 bridgehead atoms. The molecule has 108 valence electrons. The number of hydrogen-bond acceptors (Lipinski definition) is 5. The molecule has 0 aromatic heterocycles. The van der Waals surface area contributed by atoms with Crippen LogP contribution >= 0.6 is 0 Å². The largest absolute Gasteiger partial charge is 0.325 e. The smallest absolute Gasteiger partial charge is 0.176 e. The van der Waals surface area contributed by atoms with Crippen LogP contribution in [0.2, 0.25) is 0 Å². The van der Waals surface area contributed by atoms with Crippen molar-refractivity contribution in [3.8, 4) is 0 Å². The Balaban J connectivity index is 3.50. The van der Waals surface area contributed by atoms with E-state index in [1.807, 2.05) is 13.8 Å². The Labute approximate surface area is 114 Å². The van der Waals surface area contributed by atoms with E-state index in [0.717, 1.165) is 12.5 Å². The van der Waals surface area contributed by atoms with E-state index in [1.54, 1.807) is 6.07 Å². The molecule has 7 heteroatoms. The standard InChI is InChI=1S/C12H19NO4S2/c1-12(2,13)8-9-5-6-10(18(3,14)15)11(7-9)19(4,16)17/h5-7H,8,13H2,1-4H3. The highest BCUT2D eigenvalue weighted by Gasteiger charge is 2.22. The predicted octanol–water partition coefficient (Wildman–Crippen LogP) is 0.773. The Morgan fingerprint density at radius 1 is 1.00 bits per heavy atom. The van der Waals surface area contributed by atoms with Crippen LogP contribution in [0.3, 0.4) is 0 Å². The van der Waals surface area contributed by atoms with E-state index >= 15 is 0 Å². The average molecular weight is 305 g/mol. The van der Waals surface area contributed by atoms with Gasteiger partial charge in [0.15, 0.2) is 19.7 Å². The lowest BCUT2D eigenvalue weighted by Gasteiger charge is -2.19. The van der Waals surface area contributed by atoms with Gasteiger partial charge in [0.05, 0.1) is 9.79 Å². The van der Waals surface area contributed by atoms with Gasteiger partial charge in [-0.05, 0) is 38.0 Å². The van der Waals surface area contributed by atoms with Gasteiger partial charge in [0.25, 0.3) is 0 Å². The minimum Gasteiger partial charge on any atom is -0.325 e. The second-order valence-electron chi connectivity index (χ2n) is 5.49. The van der Waals surface area contributed by atoms with Crippen molar-refractivity contribution >= 4 is 19.7 Å². The lowest BCUT2D eigenvalue weighted by Crippen LogP contribution is -2.34. The Hall–Kier alpha value is -0.920. The highest BCUT2D eigenvalue weighted by atomic mass is 32.2. The van der Waals surface area contributed by atoms with E-state index in [9.17, 15) is 16.8 Å². The van der Waals surface area contributed by atoms with Crippen molar-refractivity contribution in [3.63, 3.8) is 0 Å². The van der Waals surface area contributed by atoms with Crippen LogP contribution in [0, 0.1) is 0 Å². The van der Waals surface area contributed by atoms with Crippen molar-refractivity contribution < 1.29 is 16.8 Å². The summed E-state index contributed by atoms with van der Waals surface area (Å²) in [5, 5.41) is 0. The Kier molecular flexibility index (Phi) is 4.15. The first-order valence-corrected chi connectivity index (χ1v) is 9.41. The van der Waals surface area contributed by atoms with Gasteiger partial charge in [0.1, 0.15) is 0 Å². The molecule has 0 atom stereocenters. The van der Waals surface area contributed by atoms with Gasteiger partial charge in [-0.15, -0.1) is 0 Å². The van der Waals surface area contributed by atoms with Crippen LogP contribution in [-0.2, 0) is 26.1 Å². The lowest BCUT2D eigenvalue weighted by atomic mass is 9.96. The maximum Gasteiger partial charge on any atom is 0.176 e. The fraction of sp³-hybridized carbons (Fsp3) is 0.500. The first kappa shape index (κ1) is 16.1. The van der Waals surface area contributed by atoms with Crippen molar-refractivity contribution in [1.29, 1.82) is 0 Å². The van der Waals surface area contributed by atoms with Crippen LogP contribution in [0.4, 0.5) is 0 Å². The molecule has 0 saturated carbocycles. The SMILES string of the molecule is CC(C)(N)Cc1ccc(S(C)(=O)=O)c(S(C)(=O)=O)c1. The van der Waals surface area contributed by atoms with Crippen LogP contribution in [-0.4, -0.2) is 34.9 Å². The van der Waals surface area contributed by atoms with Gasteiger partial charge in [-0.2, -0.15) is 0 Å². The van der Waals surface area contributed by atoms with Crippen LogP contribution in [0.5, 0.6) is 0 Å². The maximum absolute atomic E-state index is 11.7. The number of sulfone groups is 2. The summed E-state index contributed by atoms with van der Waals surface area (Å²) in [5.74, 6) is 0. The molecule has 1 aromatic carbocycles. The second kappa shape index (κ2) is 4.88. The van der Waals surface area contributed by atoms with Gasteiger partial charge >= 0.3 is 0 Å². The Morgan fingerprint density at radius 2 is 1.47 bits per heavy atom. The number of benzene rings is 1. The zero-order valence-corrected chi connectivity index (χ0v) is 13.1. The molecule has 0 aliphatic heterocycles. The quantitative estimate of drug-likeness (QED) is 0.887. The summed E-state index contributed by atoms with van der Waals surface area (Å²) in [6.07, 6.45) is 2.44. The molecule has 5 nitrogen and oxygen atoms in total. The molecule has 2 N–H and O–H groups in total. The summed E-state index contributed by atoms with van der Waals surface area (Å²) in [6.45, 7) is 3.63. The van der Waals surface area contributed by atoms with E-state index < -0.39 is 25.2 Å². The monoisotopic (exact) mass is 305 g/mol. The topological polar surface area (TPSA) is 94.3 Å². The van der Waals surface area contributed by atoms with Crippen LogP contribution in [0.1, 0.15) is 19.4 Å². The molecule has 0 spiro atoms. The molecule has 0 aliphatic carbocycles. The van der Waals surface area contributed by atoms with Crippen LogP contribution in [0.25, 0.3) is 0 Å². The summed E-state index contributed by atoms with van der Waals surface area (Å²) < 4.78 is 46.7. The van der Waals surface area contributed by atoms with Crippen LogP contribution in [0.15, 0.2) is 28.0 Å². The summed E-state index contributed by atoms with van der Waals surface area (Å²) >= 11 is 0. The Bertz CT molecular complexity index is 683. The number of rotatable bonds is 4. The first-order valence-electron chi connectivity index (χ1n) is 5.63. The van der Waals surface area contributed by atoms with Crippen molar-refractivity contribution in [3.05, 3.63) is 23.8 Å². The number of hydrogen-bond donors (Lipinski definition) is 1. The van der Waals surface area contributed by atoms with Gasteiger partial charge in [-0.25, -0.2) is 16.8 Å². The van der Waals surface area contributed by atoms with E-state index in [2.05, 4.69) is 0 Å². The van der Waals surface area contributed by atoms with E-state index in [0.29, 0.717) is 12.0 Å². The van der Waals surface area contributed by atoms with E-state index in [1.165, 1.54) is 12.1 Å². The van der Waals surface area contributed by atoms with Gasteiger partial charge in [0, 0.05) is 18.1 Å². The lowest BCUT2D eigenvalue weighted by molar-refractivity contribution is 0.515. The van der Waals surface area contributed by atoms with Gasteiger partial charge in [-0.1, -0.05) is 6.07 Å². The molecule has 1 rings (SSSR count). The maximum atomic E-state index is 11.7. The molecule has 19 heavy (non-hydrogen) atoms. The summed E-state index contributed by atoms with van der Waals surface area (Å²) in [7, 11) is -7.20. The van der Waals surface area contributed by atoms with Crippen molar-refractivity contribution in [1.82, 2.24) is 0 Å².